The molecule has 1 atom stereocenters. The third-order valence-electron chi connectivity index (χ3n) is 3.88. The third-order valence-corrected chi connectivity index (χ3v) is 3.88. The van der Waals surface area contributed by atoms with E-state index in [-0.39, 0.29) is 6.10 Å². The van der Waals surface area contributed by atoms with Gasteiger partial charge in [-0.1, -0.05) is 36.1 Å². The minimum atomic E-state index is -0.335. The minimum absolute atomic E-state index is 0.335. The fourth-order valence-electron chi connectivity index (χ4n) is 2.75. The lowest BCUT2D eigenvalue weighted by atomic mass is 10.0. The molecule has 1 heterocycles. The molecule has 0 spiro atoms. The summed E-state index contributed by atoms with van der Waals surface area (Å²) in [4.78, 5) is 0. The molecule has 20 heavy (non-hydrogen) atoms. The van der Waals surface area contributed by atoms with Crippen LogP contribution in [0.4, 0.5) is 5.95 Å². The molecule has 0 amide bonds. The van der Waals surface area contributed by atoms with E-state index in [1.54, 1.807) is 4.68 Å². The van der Waals surface area contributed by atoms with Gasteiger partial charge in [-0.05, 0) is 41.3 Å². The van der Waals surface area contributed by atoms with Crippen molar-refractivity contribution in [3.05, 3.63) is 30.3 Å². The first kappa shape index (κ1) is 13.1. The van der Waals surface area contributed by atoms with Gasteiger partial charge in [-0.2, -0.15) is 4.68 Å². The Kier molecular flexibility index (Phi) is 3.92. The number of aliphatic hydroxyl groups is 1. The Balaban J connectivity index is 1.65. The summed E-state index contributed by atoms with van der Waals surface area (Å²) in [5, 5.41) is 25.0. The standard InChI is InChI=1S/C14H19N5O/c20-13(11-6-4-5-7-11)10-15-14-16-17-18-19(14)12-8-2-1-3-9-12/h1-3,8-9,11,13,20H,4-7,10H2,(H,15,16,18). The number of aliphatic hydroxyl groups excluding tert-OH is 1. The molecule has 0 radical (unpaired) electrons. The maximum absolute atomic E-state index is 10.2. The van der Waals surface area contributed by atoms with E-state index in [1.165, 1.54) is 12.8 Å². The lowest BCUT2D eigenvalue weighted by Crippen LogP contribution is -2.27. The quantitative estimate of drug-likeness (QED) is 0.866. The number of aromatic nitrogens is 4. The zero-order valence-electron chi connectivity index (χ0n) is 11.3. The van der Waals surface area contributed by atoms with E-state index in [0.717, 1.165) is 18.5 Å². The van der Waals surface area contributed by atoms with E-state index in [1.807, 2.05) is 30.3 Å². The number of nitrogens with one attached hydrogen (secondary N) is 1. The second-order valence-corrected chi connectivity index (χ2v) is 5.24. The van der Waals surface area contributed by atoms with Crippen LogP contribution in [-0.2, 0) is 0 Å². The first-order valence-electron chi connectivity index (χ1n) is 7.10. The van der Waals surface area contributed by atoms with Crippen molar-refractivity contribution < 1.29 is 5.11 Å². The van der Waals surface area contributed by atoms with Crippen LogP contribution in [0.15, 0.2) is 30.3 Å². The molecular formula is C14H19N5O. The molecular weight excluding hydrogens is 254 g/mol. The van der Waals surface area contributed by atoms with Crippen LogP contribution >= 0.6 is 0 Å². The fourth-order valence-corrected chi connectivity index (χ4v) is 2.75. The van der Waals surface area contributed by atoms with Gasteiger partial charge in [-0.15, -0.1) is 0 Å². The third kappa shape index (κ3) is 2.80. The van der Waals surface area contributed by atoms with E-state index in [2.05, 4.69) is 20.8 Å². The van der Waals surface area contributed by atoms with Crippen molar-refractivity contribution in [2.24, 2.45) is 5.92 Å². The molecule has 1 fully saturated rings. The van der Waals surface area contributed by atoms with Crippen LogP contribution < -0.4 is 5.32 Å². The highest BCUT2D eigenvalue weighted by molar-refractivity contribution is 5.38. The van der Waals surface area contributed by atoms with E-state index in [4.69, 9.17) is 0 Å². The van der Waals surface area contributed by atoms with E-state index in [9.17, 15) is 5.11 Å². The van der Waals surface area contributed by atoms with Gasteiger partial charge in [0.25, 0.3) is 0 Å². The van der Waals surface area contributed by atoms with Gasteiger partial charge in [0.15, 0.2) is 0 Å². The molecule has 2 N–H and O–H groups in total. The van der Waals surface area contributed by atoms with Gasteiger partial charge in [0.2, 0.25) is 5.95 Å². The molecule has 1 saturated carbocycles. The van der Waals surface area contributed by atoms with Crippen molar-refractivity contribution in [3.8, 4) is 5.69 Å². The number of nitrogens with zero attached hydrogens (tertiary/aromatic N) is 4. The Bertz CT molecular complexity index is 536. The second-order valence-electron chi connectivity index (χ2n) is 5.24. The summed E-state index contributed by atoms with van der Waals surface area (Å²) in [6.45, 7) is 0.484. The van der Waals surface area contributed by atoms with Gasteiger partial charge in [0, 0.05) is 6.54 Å². The van der Waals surface area contributed by atoms with E-state index >= 15 is 0 Å². The molecule has 1 unspecified atom stereocenters. The number of anilines is 1. The maximum Gasteiger partial charge on any atom is 0.247 e. The highest BCUT2D eigenvalue weighted by atomic mass is 16.3. The monoisotopic (exact) mass is 273 g/mol. The van der Waals surface area contributed by atoms with Crippen molar-refractivity contribution in [3.63, 3.8) is 0 Å². The van der Waals surface area contributed by atoms with Crippen LogP contribution in [0, 0.1) is 5.92 Å². The maximum atomic E-state index is 10.2. The average molecular weight is 273 g/mol. The summed E-state index contributed by atoms with van der Waals surface area (Å²) in [6.07, 6.45) is 4.35. The first-order chi connectivity index (χ1) is 9.84. The number of benzene rings is 1. The van der Waals surface area contributed by atoms with Crippen molar-refractivity contribution in [2.75, 3.05) is 11.9 Å². The number of para-hydroxylation sites is 1. The SMILES string of the molecule is OC(CNc1nnnn1-c1ccccc1)C1CCCC1. The molecule has 1 aromatic heterocycles. The normalized spacial score (nSPS) is 17.2. The molecule has 0 bridgehead atoms. The fraction of sp³-hybridized carbons (Fsp3) is 0.500. The number of hydrogen-bond donors (Lipinski definition) is 2. The molecule has 6 heteroatoms. The first-order valence-corrected chi connectivity index (χ1v) is 7.10. The number of rotatable bonds is 5. The van der Waals surface area contributed by atoms with E-state index in [0.29, 0.717) is 18.4 Å². The van der Waals surface area contributed by atoms with Crippen LogP contribution in [0.2, 0.25) is 0 Å². The predicted molar refractivity (Wildman–Crippen MR) is 75.6 cm³/mol. The smallest absolute Gasteiger partial charge is 0.247 e. The molecule has 1 aromatic carbocycles. The second kappa shape index (κ2) is 6.00. The lowest BCUT2D eigenvalue weighted by molar-refractivity contribution is 0.122. The van der Waals surface area contributed by atoms with Gasteiger partial charge in [0.05, 0.1) is 11.8 Å². The molecule has 1 aliphatic carbocycles. The van der Waals surface area contributed by atoms with Gasteiger partial charge in [-0.3, -0.25) is 0 Å². The summed E-state index contributed by atoms with van der Waals surface area (Å²) in [5.74, 6) is 0.969. The Morgan fingerprint density at radius 2 is 2.00 bits per heavy atom. The number of hydrogen-bond acceptors (Lipinski definition) is 5. The Morgan fingerprint density at radius 1 is 1.25 bits per heavy atom. The zero-order chi connectivity index (χ0) is 13.8. The van der Waals surface area contributed by atoms with Crippen LogP contribution in [0.3, 0.4) is 0 Å². The Labute approximate surface area is 117 Å². The highest BCUT2D eigenvalue weighted by Crippen LogP contribution is 2.27. The molecule has 2 aromatic rings. The van der Waals surface area contributed by atoms with Gasteiger partial charge in [-0.25, -0.2) is 0 Å². The molecule has 1 aliphatic rings. The van der Waals surface area contributed by atoms with Crippen molar-refractivity contribution in [1.29, 1.82) is 0 Å². The molecule has 0 aliphatic heterocycles. The lowest BCUT2D eigenvalue weighted by Gasteiger charge is -2.18. The van der Waals surface area contributed by atoms with Gasteiger partial charge in [0.1, 0.15) is 0 Å². The van der Waals surface area contributed by atoms with Crippen molar-refractivity contribution in [2.45, 2.75) is 31.8 Å². The average Bonchev–Trinajstić information content (AvgIpc) is 3.17. The highest BCUT2D eigenvalue weighted by Gasteiger charge is 2.23. The van der Waals surface area contributed by atoms with Crippen molar-refractivity contribution in [1.82, 2.24) is 20.2 Å². The topological polar surface area (TPSA) is 75.9 Å². The largest absolute Gasteiger partial charge is 0.391 e. The van der Waals surface area contributed by atoms with Crippen molar-refractivity contribution >= 4 is 5.95 Å². The van der Waals surface area contributed by atoms with Crippen LogP contribution in [0.5, 0.6) is 0 Å². The summed E-state index contributed by atoms with van der Waals surface area (Å²) >= 11 is 0. The molecule has 106 valence electrons. The molecule has 0 saturated heterocycles. The summed E-state index contributed by atoms with van der Waals surface area (Å²) in [6, 6.07) is 9.71. The summed E-state index contributed by atoms with van der Waals surface area (Å²) in [5.41, 5.74) is 0.898. The van der Waals surface area contributed by atoms with Crippen LogP contribution in [0.25, 0.3) is 5.69 Å². The minimum Gasteiger partial charge on any atom is -0.391 e. The van der Waals surface area contributed by atoms with E-state index < -0.39 is 0 Å². The number of tetrazole rings is 1. The molecule has 3 rings (SSSR count). The summed E-state index contributed by atoms with van der Waals surface area (Å²) in [7, 11) is 0. The molecule has 6 nitrogen and oxygen atoms in total. The van der Waals surface area contributed by atoms with Gasteiger partial charge >= 0.3 is 0 Å². The van der Waals surface area contributed by atoms with Crippen LogP contribution in [0.1, 0.15) is 25.7 Å². The Hall–Kier alpha value is -1.95. The summed E-state index contributed by atoms with van der Waals surface area (Å²) < 4.78 is 1.64. The predicted octanol–water partition coefficient (Wildman–Crippen LogP) is 1.63. The van der Waals surface area contributed by atoms with Gasteiger partial charge < -0.3 is 10.4 Å². The zero-order valence-corrected chi connectivity index (χ0v) is 11.3. The Morgan fingerprint density at radius 3 is 2.75 bits per heavy atom. The van der Waals surface area contributed by atoms with Crippen LogP contribution in [-0.4, -0.2) is 38.0 Å².